The molecule has 2 aromatic carbocycles. The topological polar surface area (TPSA) is 29.5 Å². The third-order valence-electron chi connectivity index (χ3n) is 3.45. The van der Waals surface area contributed by atoms with Gasteiger partial charge in [-0.1, -0.05) is 24.0 Å². The Kier molecular flexibility index (Phi) is 9.56. The van der Waals surface area contributed by atoms with E-state index in [1.165, 1.54) is 0 Å². The van der Waals surface area contributed by atoms with Gasteiger partial charge in [-0.25, -0.2) is 0 Å². The Labute approximate surface area is 164 Å². The number of hydrogen-bond donors (Lipinski definition) is 1. The first-order chi connectivity index (χ1) is 12.9. The van der Waals surface area contributed by atoms with Crippen LogP contribution in [0.15, 0.2) is 48.5 Å². The average molecular weight is 375 g/mol. The zero-order valence-electron chi connectivity index (χ0n) is 16.7. The molecule has 1 N–H and O–H groups in total. The molecule has 0 bridgehead atoms. The number of benzene rings is 2. The molecule has 0 aromatic heterocycles. The lowest BCUT2D eigenvalue weighted by atomic mass is 10.1. The second kappa shape index (κ2) is 11.7. The van der Waals surface area contributed by atoms with Crippen LogP contribution in [0.1, 0.15) is 30.5 Å². The van der Waals surface area contributed by atoms with E-state index >= 15 is 0 Å². The SMILES string of the molecule is CC#C[Si](C)(C)C#CC.COc1ccc(C#Cc2ccc(CO)cc2)cc1. The maximum absolute atomic E-state index is 8.94. The summed E-state index contributed by atoms with van der Waals surface area (Å²) in [5.74, 6) is 12.8. The molecule has 27 heavy (non-hydrogen) atoms. The summed E-state index contributed by atoms with van der Waals surface area (Å²) in [5.41, 5.74) is 9.05. The number of aliphatic hydroxyl groups excluding tert-OH is 1. The molecular formula is C24H26O2Si. The molecule has 0 fully saturated rings. The van der Waals surface area contributed by atoms with Crippen LogP contribution in [0.2, 0.25) is 13.1 Å². The predicted molar refractivity (Wildman–Crippen MR) is 116 cm³/mol. The fraction of sp³-hybridized carbons (Fsp3) is 0.250. The highest BCUT2D eigenvalue weighted by atomic mass is 28.3. The Bertz CT molecular complexity index is 818. The molecule has 138 valence electrons. The largest absolute Gasteiger partial charge is 0.497 e. The van der Waals surface area contributed by atoms with Crippen LogP contribution in [-0.2, 0) is 6.61 Å². The number of ether oxygens (including phenoxy) is 1. The molecule has 0 unspecified atom stereocenters. The minimum absolute atomic E-state index is 0.0617. The van der Waals surface area contributed by atoms with Gasteiger partial charge in [-0.3, -0.25) is 0 Å². The maximum atomic E-state index is 8.94. The molecule has 2 nitrogen and oxygen atoms in total. The number of aliphatic hydroxyl groups is 1. The summed E-state index contributed by atoms with van der Waals surface area (Å²) in [6.45, 7) is 8.10. The van der Waals surface area contributed by atoms with Gasteiger partial charge in [-0.2, -0.15) is 0 Å². The van der Waals surface area contributed by atoms with Crippen molar-refractivity contribution in [3.8, 4) is 40.5 Å². The quantitative estimate of drug-likeness (QED) is 0.623. The molecule has 0 radical (unpaired) electrons. The first-order valence-corrected chi connectivity index (χ1v) is 11.7. The summed E-state index contributed by atoms with van der Waals surface area (Å²) in [6, 6.07) is 15.2. The molecule has 0 amide bonds. The molecule has 0 aliphatic carbocycles. The number of hydrogen-bond acceptors (Lipinski definition) is 2. The molecular weight excluding hydrogens is 348 g/mol. The molecule has 2 rings (SSSR count). The molecule has 0 aliphatic heterocycles. The Morgan fingerprint density at radius 2 is 1.26 bits per heavy atom. The van der Waals surface area contributed by atoms with Crippen molar-refractivity contribution in [3.05, 3.63) is 65.2 Å². The van der Waals surface area contributed by atoms with E-state index in [-0.39, 0.29) is 6.61 Å². The van der Waals surface area contributed by atoms with E-state index in [1.54, 1.807) is 7.11 Å². The minimum Gasteiger partial charge on any atom is -0.497 e. The minimum atomic E-state index is -1.43. The summed E-state index contributed by atoms with van der Waals surface area (Å²) in [4.78, 5) is 0. The lowest BCUT2D eigenvalue weighted by molar-refractivity contribution is 0.282. The Balaban J connectivity index is 0.000000345. The summed E-state index contributed by atoms with van der Waals surface area (Å²) < 4.78 is 5.09. The Morgan fingerprint density at radius 3 is 1.63 bits per heavy atom. The third-order valence-corrected chi connectivity index (χ3v) is 5.20. The Hall–Kier alpha value is -2.90. The number of rotatable bonds is 2. The van der Waals surface area contributed by atoms with Crippen LogP contribution >= 0.6 is 0 Å². The van der Waals surface area contributed by atoms with Crippen LogP contribution in [0.25, 0.3) is 0 Å². The molecule has 0 spiro atoms. The van der Waals surface area contributed by atoms with Gasteiger partial charge in [0.25, 0.3) is 0 Å². The van der Waals surface area contributed by atoms with Crippen molar-refractivity contribution in [2.45, 2.75) is 33.5 Å². The van der Waals surface area contributed by atoms with E-state index in [0.29, 0.717) is 0 Å². The summed E-state index contributed by atoms with van der Waals surface area (Å²) >= 11 is 0. The lowest BCUT2D eigenvalue weighted by Gasteiger charge is -2.01. The van der Waals surface area contributed by atoms with E-state index in [9.17, 15) is 0 Å². The molecule has 0 saturated carbocycles. The smallest absolute Gasteiger partial charge is 0.210 e. The van der Waals surface area contributed by atoms with Crippen molar-refractivity contribution < 1.29 is 9.84 Å². The number of methoxy groups -OCH3 is 1. The van der Waals surface area contributed by atoms with Gasteiger partial charge in [0.1, 0.15) is 5.75 Å². The summed E-state index contributed by atoms with van der Waals surface area (Å²) in [7, 11) is 0.217. The van der Waals surface area contributed by atoms with E-state index < -0.39 is 8.07 Å². The fourth-order valence-electron chi connectivity index (χ4n) is 2.17. The highest BCUT2D eigenvalue weighted by Crippen LogP contribution is 2.10. The summed E-state index contributed by atoms with van der Waals surface area (Å²) in [6.07, 6.45) is 0. The van der Waals surface area contributed by atoms with E-state index in [1.807, 2.05) is 62.4 Å². The first-order valence-electron chi connectivity index (χ1n) is 8.67. The van der Waals surface area contributed by atoms with Crippen molar-refractivity contribution in [2.24, 2.45) is 0 Å². The fourth-order valence-corrected chi connectivity index (χ4v) is 3.48. The van der Waals surface area contributed by atoms with Crippen molar-refractivity contribution >= 4 is 8.07 Å². The third kappa shape index (κ3) is 8.84. The average Bonchev–Trinajstić information content (AvgIpc) is 2.67. The van der Waals surface area contributed by atoms with Crippen LogP contribution in [0.3, 0.4) is 0 Å². The monoisotopic (exact) mass is 374 g/mol. The zero-order chi connectivity index (χ0) is 20.1. The molecule has 0 atom stereocenters. The molecule has 3 heteroatoms. The van der Waals surface area contributed by atoms with Gasteiger partial charge < -0.3 is 9.84 Å². The molecule has 2 aromatic rings. The van der Waals surface area contributed by atoms with Crippen molar-refractivity contribution in [2.75, 3.05) is 7.11 Å². The zero-order valence-corrected chi connectivity index (χ0v) is 17.7. The van der Waals surface area contributed by atoms with Gasteiger partial charge in [0.15, 0.2) is 0 Å². The normalized spacial score (nSPS) is 9.11. The second-order valence-corrected chi connectivity index (χ2v) is 9.96. The van der Waals surface area contributed by atoms with E-state index in [4.69, 9.17) is 9.84 Å². The highest BCUT2D eigenvalue weighted by Gasteiger charge is 2.12. The van der Waals surface area contributed by atoms with E-state index in [2.05, 4.69) is 47.9 Å². The predicted octanol–water partition coefficient (Wildman–Crippen LogP) is 4.41. The van der Waals surface area contributed by atoms with E-state index in [0.717, 1.165) is 22.4 Å². The van der Waals surface area contributed by atoms with Gasteiger partial charge >= 0.3 is 0 Å². The van der Waals surface area contributed by atoms with Gasteiger partial charge in [0, 0.05) is 11.1 Å². The van der Waals surface area contributed by atoms with Gasteiger partial charge in [0.05, 0.1) is 13.7 Å². The van der Waals surface area contributed by atoms with Crippen molar-refractivity contribution in [1.82, 2.24) is 0 Å². The molecule has 0 aliphatic rings. The second-order valence-electron chi connectivity index (χ2n) is 6.21. The molecule has 0 heterocycles. The highest BCUT2D eigenvalue weighted by molar-refractivity contribution is 6.92. The lowest BCUT2D eigenvalue weighted by Crippen LogP contribution is -2.20. The Morgan fingerprint density at radius 1 is 0.815 bits per heavy atom. The maximum Gasteiger partial charge on any atom is 0.210 e. The van der Waals surface area contributed by atoms with Crippen LogP contribution in [-0.4, -0.2) is 20.3 Å². The van der Waals surface area contributed by atoms with Crippen LogP contribution in [0, 0.1) is 34.8 Å². The standard InChI is InChI=1S/C16H14O2.C8H12Si/c1-18-16-10-8-14(9-11-16)3-2-13-4-6-15(12-17)7-5-13;1-5-7-9(3,4)8-6-2/h4-11,17H,12H2,1H3;1-4H3. The van der Waals surface area contributed by atoms with Crippen LogP contribution in [0.4, 0.5) is 0 Å². The van der Waals surface area contributed by atoms with Gasteiger partial charge in [-0.05, 0) is 68.9 Å². The van der Waals surface area contributed by atoms with Gasteiger partial charge in [0.2, 0.25) is 8.07 Å². The van der Waals surface area contributed by atoms with Gasteiger partial charge in [-0.15, -0.1) is 22.9 Å². The molecule has 0 saturated heterocycles. The van der Waals surface area contributed by atoms with Crippen molar-refractivity contribution in [1.29, 1.82) is 0 Å². The van der Waals surface area contributed by atoms with Crippen LogP contribution in [0.5, 0.6) is 5.75 Å². The summed E-state index contributed by atoms with van der Waals surface area (Å²) in [5, 5.41) is 8.94. The van der Waals surface area contributed by atoms with Crippen LogP contribution < -0.4 is 4.74 Å². The van der Waals surface area contributed by atoms with Crippen molar-refractivity contribution in [3.63, 3.8) is 0 Å². The first kappa shape index (κ1) is 22.1.